The molecule has 0 saturated carbocycles. The van der Waals surface area contributed by atoms with E-state index in [4.69, 9.17) is 19.5 Å². The third kappa shape index (κ3) is 8.07. The van der Waals surface area contributed by atoms with Crippen LogP contribution in [0.4, 0.5) is 9.59 Å². The molecule has 13 nitrogen and oxygen atoms in total. The van der Waals surface area contributed by atoms with E-state index >= 15 is 0 Å². The van der Waals surface area contributed by atoms with E-state index in [0.717, 1.165) is 81.5 Å². The number of fused-ring (bicyclic) bond motifs is 1. The average molecular weight is 788 g/mol. The van der Waals surface area contributed by atoms with E-state index in [-0.39, 0.29) is 35.7 Å². The number of ether oxygens (including phenoxy) is 2. The Morgan fingerprint density at radius 3 is 1.84 bits per heavy atom. The first-order valence-electron chi connectivity index (χ1n) is 20.2. The van der Waals surface area contributed by atoms with Gasteiger partial charge >= 0.3 is 12.2 Å². The highest BCUT2D eigenvalue weighted by atomic mass is 16.5. The molecule has 13 heteroatoms. The van der Waals surface area contributed by atoms with Crippen molar-refractivity contribution in [3.05, 3.63) is 84.4 Å². The molecule has 0 radical (unpaired) electrons. The number of carbonyl (C=O) groups is 4. The fraction of sp³-hybridized carbons (Fsp3) is 0.422. The number of amides is 4. The van der Waals surface area contributed by atoms with E-state index in [1.54, 1.807) is 0 Å². The lowest BCUT2D eigenvalue weighted by molar-refractivity contribution is -0.135. The molecular weight excluding hydrogens is 735 g/mol. The van der Waals surface area contributed by atoms with Gasteiger partial charge in [-0.15, -0.1) is 0 Å². The van der Waals surface area contributed by atoms with Crippen molar-refractivity contribution in [2.75, 3.05) is 27.3 Å². The summed E-state index contributed by atoms with van der Waals surface area (Å²) < 4.78 is 9.57. The molecule has 4 amide bonds. The van der Waals surface area contributed by atoms with Crippen LogP contribution in [-0.2, 0) is 19.1 Å². The number of aliphatic imine (C=N–C) groups is 1. The van der Waals surface area contributed by atoms with Crippen molar-refractivity contribution in [3.8, 4) is 22.4 Å². The first-order chi connectivity index (χ1) is 28.0. The number of alkyl carbamates (subject to hydrolysis) is 2. The van der Waals surface area contributed by atoms with Crippen LogP contribution in [0.15, 0.2) is 78.1 Å². The molecule has 2 fully saturated rings. The van der Waals surface area contributed by atoms with Crippen LogP contribution in [-0.4, -0.2) is 94.9 Å². The van der Waals surface area contributed by atoms with Crippen LogP contribution < -0.4 is 10.6 Å². The minimum atomic E-state index is -0.698. The molecule has 2 saturated heterocycles. The third-order valence-corrected chi connectivity index (χ3v) is 11.7. The van der Waals surface area contributed by atoms with Crippen molar-refractivity contribution < 1.29 is 28.7 Å². The second-order valence-corrected chi connectivity index (χ2v) is 16.0. The molecule has 4 aromatic rings. The van der Waals surface area contributed by atoms with Gasteiger partial charge in [-0.05, 0) is 70.6 Å². The van der Waals surface area contributed by atoms with E-state index in [1.165, 1.54) is 14.2 Å². The highest BCUT2D eigenvalue weighted by molar-refractivity contribution is 6.05. The summed E-state index contributed by atoms with van der Waals surface area (Å²) in [6.45, 7) is 8.86. The molecule has 4 atom stereocenters. The number of allylic oxidation sites excluding steroid dienone is 1. The molecule has 7 rings (SSSR count). The van der Waals surface area contributed by atoms with Crippen LogP contribution in [0.25, 0.3) is 38.7 Å². The van der Waals surface area contributed by atoms with Crippen LogP contribution >= 0.6 is 0 Å². The number of likely N-dealkylation sites (tertiary alicyclic amines) is 2. The molecule has 0 unspecified atom stereocenters. The number of hydrogen-bond acceptors (Lipinski definition) is 8. The van der Waals surface area contributed by atoms with Crippen LogP contribution in [0.1, 0.15) is 77.2 Å². The summed E-state index contributed by atoms with van der Waals surface area (Å²) in [6, 6.07) is 19.5. The fourth-order valence-corrected chi connectivity index (χ4v) is 8.58. The Kier molecular flexibility index (Phi) is 12.0. The van der Waals surface area contributed by atoms with E-state index in [0.29, 0.717) is 19.5 Å². The van der Waals surface area contributed by atoms with Gasteiger partial charge in [0, 0.05) is 37.0 Å². The minimum absolute atomic E-state index is 0.0910. The van der Waals surface area contributed by atoms with Gasteiger partial charge in [-0.1, -0.05) is 88.4 Å². The van der Waals surface area contributed by atoms with Crippen molar-refractivity contribution in [2.24, 2.45) is 16.8 Å². The Bertz CT molecular complexity index is 2240. The topological polar surface area (TPSA) is 158 Å². The summed E-state index contributed by atoms with van der Waals surface area (Å²) in [5.41, 5.74) is 7.22. The molecular formula is C45H53N7O6. The highest BCUT2D eigenvalue weighted by Crippen LogP contribution is 2.38. The number of carbonyl (C=O) groups excluding carboxylic acids is 4. The second kappa shape index (κ2) is 17.3. The quantitative estimate of drug-likeness (QED) is 0.142. The maximum atomic E-state index is 13.7. The molecule has 3 aliphatic rings. The fourth-order valence-electron chi connectivity index (χ4n) is 8.58. The van der Waals surface area contributed by atoms with Crippen molar-refractivity contribution in [1.29, 1.82) is 0 Å². The van der Waals surface area contributed by atoms with E-state index in [2.05, 4.69) is 76.3 Å². The van der Waals surface area contributed by atoms with Crippen molar-refractivity contribution in [3.63, 3.8) is 0 Å². The largest absolute Gasteiger partial charge is 0.453 e. The van der Waals surface area contributed by atoms with Crippen LogP contribution in [0, 0.1) is 11.8 Å². The number of nitrogens with zero attached hydrogens (tertiary/aromatic N) is 4. The van der Waals surface area contributed by atoms with Crippen molar-refractivity contribution in [2.45, 2.75) is 84.0 Å². The molecule has 3 aliphatic heterocycles. The molecule has 1 aromatic heterocycles. The number of hydrogen-bond donors (Lipinski definition) is 3. The van der Waals surface area contributed by atoms with Crippen LogP contribution in [0.5, 0.6) is 0 Å². The van der Waals surface area contributed by atoms with Gasteiger partial charge in [0.05, 0.1) is 38.2 Å². The van der Waals surface area contributed by atoms with Gasteiger partial charge in [-0.3, -0.25) is 14.6 Å². The lowest BCUT2D eigenvalue weighted by atomic mass is 9.93. The first kappa shape index (κ1) is 40.2. The van der Waals surface area contributed by atoms with Gasteiger partial charge in [-0.2, -0.15) is 0 Å². The zero-order valence-electron chi connectivity index (χ0n) is 34.1. The molecule has 3 N–H and O–H groups in total. The smallest absolute Gasteiger partial charge is 0.407 e. The van der Waals surface area contributed by atoms with Crippen LogP contribution in [0.2, 0.25) is 0 Å². The molecule has 0 spiro atoms. The number of imidazole rings is 1. The van der Waals surface area contributed by atoms with E-state index < -0.39 is 24.3 Å². The number of aromatic amines is 1. The predicted octanol–water partition coefficient (Wildman–Crippen LogP) is 7.50. The Hall–Kier alpha value is -5.98. The Balaban J connectivity index is 1.06. The molecule has 58 heavy (non-hydrogen) atoms. The van der Waals surface area contributed by atoms with Gasteiger partial charge in [0.2, 0.25) is 11.8 Å². The van der Waals surface area contributed by atoms with Crippen molar-refractivity contribution >= 4 is 46.1 Å². The van der Waals surface area contributed by atoms with Gasteiger partial charge in [0.15, 0.2) is 0 Å². The Morgan fingerprint density at radius 1 is 0.724 bits per heavy atom. The molecule has 4 heterocycles. The summed E-state index contributed by atoms with van der Waals surface area (Å²) in [7, 11) is 2.59. The van der Waals surface area contributed by atoms with Gasteiger partial charge in [0.25, 0.3) is 0 Å². The average Bonchev–Trinajstić information content (AvgIpc) is 4.07. The zero-order chi connectivity index (χ0) is 41.1. The minimum Gasteiger partial charge on any atom is -0.453 e. The number of H-pyrrole nitrogens is 1. The highest BCUT2D eigenvalue weighted by Gasteiger charge is 2.39. The number of rotatable bonds is 11. The number of aromatic nitrogens is 2. The number of methoxy groups -OCH3 is 2. The van der Waals surface area contributed by atoms with Gasteiger partial charge in [0.1, 0.15) is 17.9 Å². The van der Waals surface area contributed by atoms with E-state index in [1.807, 2.05) is 49.9 Å². The lowest BCUT2D eigenvalue weighted by Gasteiger charge is -2.31. The standard InChI is InChI=1S/C45H53N7O6/c1-26(2)39(49-44(55)57-5)42(53)51-21-9-15-37(51)35-23-30(24-46-35)28-17-19-29(20-18-28)31-11-7-13-33-32(31)12-8-14-34(33)36-25-47-41(48-36)38-16-10-22-52(38)43(54)40(27(3)4)50-45(56)58-6/h7-8,11-14,17-20,24-27,37-40H,9-10,15-16,21-23H2,1-6H3,(H,47,48)(H,49,55)(H,50,56)/t37-,38-,39-,40-/m0/s1. The summed E-state index contributed by atoms with van der Waals surface area (Å²) in [5, 5.41) is 7.62. The molecule has 3 aromatic carbocycles. The SMILES string of the molecule is COC(=O)N[C@H](C(=O)N1CCC[C@H]1C1=NC=C(c2ccc(-c3cccc4c(-c5cnc([C@@H]6CCCN6C(=O)[C@@H](NC(=O)OC)C(C)C)[nH]5)cccc34)cc2)C1)C(C)C. The Labute approximate surface area is 339 Å². The number of benzene rings is 3. The van der Waals surface area contributed by atoms with Gasteiger partial charge in [-0.25, -0.2) is 14.6 Å². The monoisotopic (exact) mass is 787 g/mol. The molecule has 0 aliphatic carbocycles. The maximum absolute atomic E-state index is 13.7. The second-order valence-electron chi connectivity index (χ2n) is 16.0. The predicted molar refractivity (Wildman–Crippen MR) is 224 cm³/mol. The summed E-state index contributed by atoms with van der Waals surface area (Å²) in [5.74, 6) is 0.274. The lowest BCUT2D eigenvalue weighted by Crippen LogP contribution is -2.53. The van der Waals surface area contributed by atoms with Gasteiger partial charge < -0.3 is 34.9 Å². The number of nitrogens with one attached hydrogen (secondary N) is 3. The summed E-state index contributed by atoms with van der Waals surface area (Å²) >= 11 is 0. The van der Waals surface area contributed by atoms with Crippen molar-refractivity contribution in [1.82, 2.24) is 30.4 Å². The Morgan fingerprint density at radius 2 is 1.26 bits per heavy atom. The molecule has 304 valence electrons. The summed E-state index contributed by atoms with van der Waals surface area (Å²) in [6.07, 6.45) is 6.52. The first-order valence-corrected chi connectivity index (χ1v) is 20.2. The summed E-state index contributed by atoms with van der Waals surface area (Å²) in [4.78, 5) is 68.2. The zero-order valence-corrected chi connectivity index (χ0v) is 34.1. The normalized spacial score (nSPS) is 19.0. The van der Waals surface area contributed by atoms with E-state index in [9.17, 15) is 19.2 Å². The van der Waals surface area contributed by atoms with Crippen LogP contribution in [0.3, 0.4) is 0 Å². The molecule has 0 bridgehead atoms. The third-order valence-electron chi connectivity index (χ3n) is 11.7. The maximum Gasteiger partial charge on any atom is 0.407 e.